The normalized spacial score (nSPS) is 21.8. The van der Waals surface area contributed by atoms with E-state index in [4.69, 9.17) is 5.73 Å². The number of fused-ring (bicyclic) bond motifs is 1. The van der Waals surface area contributed by atoms with Gasteiger partial charge >= 0.3 is 0 Å². The van der Waals surface area contributed by atoms with Crippen molar-refractivity contribution in [2.75, 3.05) is 12.3 Å². The smallest absolute Gasteiger partial charge is 0.266 e. The summed E-state index contributed by atoms with van der Waals surface area (Å²) in [6, 6.07) is 4.31. The van der Waals surface area contributed by atoms with Gasteiger partial charge in [-0.3, -0.25) is 4.79 Å². The van der Waals surface area contributed by atoms with Crippen LogP contribution in [0.15, 0.2) is 22.9 Å². The van der Waals surface area contributed by atoms with Crippen LogP contribution < -0.4 is 5.73 Å². The average Bonchev–Trinajstić information content (AvgIpc) is 3.01. The van der Waals surface area contributed by atoms with Gasteiger partial charge in [-0.2, -0.15) is 0 Å². The lowest BCUT2D eigenvalue weighted by atomic mass is 9.95. The van der Waals surface area contributed by atoms with Crippen molar-refractivity contribution in [3.63, 3.8) is 0 Å². The minimum Gasteiger partial charge on any atom is -0.397 e. The maximum absolute atomic E-state index is 12.8. The van der Waals surface area contributed by atoms with E-state index in [2.05, 4.69) is 16.3 Å². The molecule has 2 aliphatic rings. The Balaban J connectivity index is 1.71. The van der Waals surface area contributed by atoms with E-state index >= 15 is 0 Å². The molecule has 4 rings (SSSR count). The molecular weight excluding hydrogens is 288 g/mol. The van der Waals surface area contributed by atoms with Gasteiger partial charge in [0.15, 0.2) is 0 Å². The first-order valence-electron chi connectivity index (χ1n) is 6.96. The first-order chi connectivity index (χ1) is 9.75. The molecule has 2 N–H and O–H groups in total. The maximum Gasteiger partial charge on any atom is 0.266 e. The number of rotatable bonds is 2. The highest BCUT2D eigenvalue weighted by molar-refractivity contribution is 7.12. The number of amides is 1. The molecule has 0 saturated heterocycles. The van der Waals surface area contributed by atoms with E-state index in [9.17, 15) is 4.79 Å². The zero-order chi connectivity index (χ0) is 13.7. The monoisotopic (exact) mass is 304 g/mol. The predicted molar refractivity (Wildman–Crippen MR) is 83.3 cm³/mol. The minimum atomic E-state index is 0.117. The van der Waals surface area contributed by atoms with Crippen LogP contribution in [-0.4, -0.2) is 17.4 Å². The third-order valence-electron chi connectivity index (χ3n) is 4.23. The summed E-state index contributed by atoms with van der Waals surface area (Å²) < 4.78 is 0. The van der Waals surface area contributed by atoms with Gasteiger partial charge in [-0.05, 0) is 53.6 Å². The van der Waals surface area contributed by atoms with E-state index in [1.54, 1.807) is 0 Å². The Kier molecular flexibility index (Phi) is 2.86. The van der Waals surface area contributed by atoms with E-state index in [0.29, 0.717) is 16.5 Å². The molecule has 3 nitrogen and oxygen atoms in total. The van der Waals surface area contributed by atoms with E-state index in [1.165, 1.54) is 34.6 Å². The molecule has 1 aliphatic heterocycles. The first-order valence-corrected chi connectivity index (χ1v) is 8.72. The molecule has 1 saturated carbocycles. The van der Waals surface area contributed by atoms with Crippen LogP contribution in [-0.2, 0) is 6.42 Å². The Bertz CT molecular complexity index is 656. The van der Waals surface area contributed by atoms with Crippen molar-refractivity contribution in [2.45, 2.75) is 25.3 Å². The fourth-order valence-corrected chi connectivity index (χ4v) is 4.80. The molecule has 20 heavy (non-hydrogen) atoms. The van der Waals surface area contributed by atoms with Gasteiger partial charge in [0.1, 0.15) is 4.88 Å². The average molecular weight is 304 g/mol. The van der Waals surface area contributed by atoms with Crippen LogP contribution >= 0.6 is 22.7 Å². The Morgan fingerprint density at radius 3 is 2.75 bits per heavy atom. The second kappa shape index (κ2) is 4.60. The summed E-state index contributed by atoms with van der Waals surface area (Å²) in [5.74, 6) is 0.764. The van der Waals surface area contributed by atoms with Crippen LogP contribution in [0.4, 0.5) is 5.69 Å². The lowest BCUT2D eigenvalue weighted by molar-refractivity contribution is 0.0643. The van der Waals surface area contributed by atoms with Crippen molar-refractivity contribution >= 4 is 34.3 Å². The van der Waals surface area contributed by atoms with Gasteiger partial charge in [-0.15, -0.1) is 22.7 Å². The molecule has 2 aromatic rings. The fourth-order valence-electron chi connectivity index (χ4n) is 3.12. The number of nitrogen functional groups attached to an aromatic ring is 1. The number of carbonyl (C=O) groups excluding carboxylic acids is 1. The number of thiophene rings is 2. The second-order valence-electron chi connectivity index (χ2n) is 5.53. The Hall–Kier alpha value is -1.33. The number of nitrogens with two attached hydrogens (primary N) is 1. The van der Waals surface area contributed by atoms with Crippen LogP contribution in [0, 0.1) is 5.92 Å². The SMILES string of the molecule is Nc1ccsc1C(=O)N1CCc2sccc2C1C1CC1. The summed E-state index contributed by atoms with van der Waals surface area (Å²) in [4.78, 5) is 17.0. The van der Waals surface area contributed by atoms with Gasteiger partial charge in [0.2, 0.25) is 0 Å². The van der Waals surface area contributed by atoms with Crippen LogP contribution in [0.5, 0.6) is 0 Å². The highest BCUT2D eigenvalue weighted by atomic mass is 32.1. The minimum absolute atomic E-state index is 0.117. The molecule has 1 fully saturated rings. The van der Waals surface area contributed by atoms with Gasteiger partial charge in [0.05, 0.1) is 11.7 Å². The van der Waals surface area contributed by atoms with Crippen molar-refractivity contribution in [1.29, 1.82) is 0 Å². The van der Waals surface area contributed by atoms with Crippen LogP contribution in [0.1, 0.15) is 39.0 Å². The molecule has 0 spiro atoms. The van der Waals surface area contributed by atoms with Crippen molar-refractivity contribution in [2.24, 2.45) is 5.92 Å². The summed E-state index contributed by atoms with van der Waals surface area (Å²) >= 11 is 3.28. The van der Waals surface area contributed by atoms with E-state index in [0.717, 1.165) is 13.0 Å². The first kappa shape index (κ1) is 12.4. The molecule has 5 heteroatoms. The topological polar surface area (TPSA) is 46.3 Å². The van der Waals surface area contributed by atoms with Gasteiger partial charge in [0, 0.05) is 11.4 Å². The number of anilines is 1. The summed E-state index contributed by atoms with van der Waals surface area (Å²) in [5, 5.41) is 4.06. The molecule has 1 amide bonds. The molecule has 104 valence electrons. The van der Waals surface area contributed by atoms with Gasteiger partial charge in [-0.1, -0.05) is 0 Å². The van der Waals surface area contributed by atoms with Crippen molar-refractivity contribution in [3.8, 4) is 0 Å². The van der Waals surface area contributed by atoms with E-state index in [-0.39, 0.29) is 11.9 Å². The molecular formula is C15H16N2OS2. The molecule has 0 radical (unpaired) electrons. The van der Waals surface area contributed by atoms with Gasteiger partial charge in [0.25, 0.3) is 5.91 Å². The highest BCUT2D eigenvalue weighted by Crippen LogP contribution is 2.49. The van der Waals surface area contributed by atoms with Crippen LogP contribution in [0.3, 0.4) is 0 Å². The lowest BCUT2D eigenvalue weighted by Gasteiger charge is -2.36. The third kappa shape index (κ3) is 1.88. The van der Waals surface area contributed by atoms with Crippen LogP contribution in [0.25, 0.3) is 0 Å². The van der Waals surface area contributed by atoms with Crippen molar-refractivity contribution < 1.29 is 4.79 Å². The van der Waals surface area contributed by atoms with Crippen LogP contribution in [0.2, 0.25) is 0 Å². The molecule has 1 atom stereocenters. The quantitative estimate of drug-likeness (QED) is 0.922. The third-order valence-corrected chi connectivity index (χ3v) is 6.15. The summed E-state index contributed by atoms with van der Waals surface area (Å²) in [6.45, 7) is 0.824. The number of nitrogens with zero attached hydrogens (tertiary/aromatic N) is 1. The van der Waals surface area contributed by atoms with Gasteiger partial charge in [-0.25, -0.2) is 0 Å². The molecule has 3 heterocycles. The zero-order valence-corrected chi connectivity index (χ0v) is 12.7. The second-order valence-corrected chi connectivity index (χ2v) is 7.45. The lowest BCUT2D eigenvalue weighted by Crippen LogP contribution is -2.40. The Labute approximate surface area is 126 Å². The number of hydrogen-bond acceptors (Lipinski definition) is 4. The maximum atomic E-state index is 12.8. The highest BCUT2D eigenvalue weighted by Gasteiger charge is 2.42. The number of carbonyl (C=O) groups is 1. The summed E-state index contributed by atoms with van der Waals surface area (Å²) in [6.07, 6.45) is 3.46. The van der Waals surface area contributed by atoms with E-state index < -0.39 is 0 Å². The molecule has 1 aliphatic carbocycles. The molecule has 0 aromatic carbocycles. The Morgan fingerprint density at radius 2 is 2.05 bits per heavy atom. The zero-order valence-electron chi connectivity index (χ0n) is 11.0. The molecule has 1 unspecified atom stereocenters. The number of hydrogen-bond donors (Lipinski definition) is 1. The van der Waals surface area contributed by atoms with Crippen molar-refractivity contribution in [1.82, 2.24) is 4.90 Å². The summed E-state index contributed by atoms with van der Waals surface area (Å²) in [5.41, 5.74) is 7.92. The van der Waals surface area contributed by atoms with E-state index in [1.807, 2.05) is 22.8 Å². The molecule has 2 aromatic heterocycles. The van der Waals surface area contributed by atoms with Gasteiger partial charge < -0.3 is 10.6 Å². The predicted octanol–water partition coefficient (Wildman–Crippen LogP) is 3.54. The summed E-state index contributed by atoms with van der Waals surface area (Å²) in [7, 11) is 0. The standard InChI is InChI=1S/C15H16N2OS2/c16-11-5-8-20-14(11)15(18)17-6-3-12-10(4-7-19-12)13(17)9-1-2-9/h4-5,7-9,13H,1-3,6,16H2. The molecule has 0 bridgehead atoms. The van der Waals surface area contributed by atoms with Crippen molar-refractivity contribution in [3.05, 3.63) is 38.2 Å². The largest absolute Gasteiger partial charge is 0.397 e. The Morgan fingerprint density at radius 1 is 1.25 bits per heavy atom. The fraction of sp³-hybridized carbons (Fsp3) is 0.400.